The third-order valence-electron chi connectivity index (χ3n) is 5.16. The van der Waals surface area contributed by atoms with Gasteiger partial charge in [0.1, 0.15) is 5.82 Å². The van der Waals surface area contributed by atoms with Gasteiger partial charge >= 0.3 is 0 Å². The molecule has 0 spiro atoms. The van der Waals surface area contributed by atoms with Gasteiger partial charge in [0.2, 0.25) is 5.91 Å². The molecule has 1 unspecified atom stereocenters. The van der Waals surface area contributed by atoms with Crippen LogP contribution in [0.1, 0.15) is 18.4 Å². The number of nitrogens with one attached hydrogen (secondary N) is 2. The van der Waals surface area contributed by atoms with Crippen LogP contribution in [0.2, 0.25) is 5.02 Å². The minimum absolute atomic E-state index is 0.0151. The van der Waals surface area contributed by atoms with Crippen LogP contribution in [0.3, 0.4) is 0 Å². The molecule has 1 atom stereocenters. The molecule has 29 heavy (non-hydrogen) atoms. The van der Waals surface area contributed by atoms with Crippen LogP contribution in [-0.4, -0.2) is 35.2 Å². The third kappa shape index (κ3) is 4.59. The zero-order valence-electron chi connectivity index (χ0n) is 15.9. The van der Waals surface area contributed by atoms with Crippen molar-refractivity contribution in [2.45, 2.75) is 25.3 Å². The highest BCUT2D eigenvalue weighted by atomic mass is 35.5. The van der Waals surface area contributed by atoms with Crippen molar-refractivity contribution in [2.24, 2.45) is 0 Å². The number of hydrogen-bond acceptors (Lipinski definition) is 3. The molecule has 0 saturated carbocycles. The maximum absolute atomic E-state index is 13.9. The highest BCUT2D eigenvalue weighted by molar-refractivity contribution is 6.31. The third-order valence-corrected chi connectivity index (χ3v) is 5.51. The highest BCUT2D eigenvalue weighted by Gasteiger charge is 2.24. The number of rotatable bonds is 5. The Morgan fingerprint density at radius 3 is 2.86 bits per heavy atom. The van der Waals surface area contributed by atoms with Gasteiger partial charge in [-0.1, -0.05) is 48.0 Å². The monoisotopic (exact) mass is 412 g/mol. The number of benzene rings is 2. The lowest BCUT2D eigenvalue weighted by atomic mass is 10.0. The van der Waals surface area contributed by atoms with E-state index < -0.39 is 5.82 Å². The molecule has 5 nitrogen and oxygen atoms in total. The van der Waals surface area contributed by atoms with Gasteiger partial charge in [-0.25, -0.2) is 4.39 Å². The van der Waals surface area contributed by atoms with Crippen molar-refractivity contribution in [3.05, 3.63) is 71.0 Å². The lowest BCUT2D eigenvalue weighted by molar-refractivity contribution is -0.121. The molecule has 0 aliphatic carbocycles. The Morgan fingerprint density at radius 2 is 2.07 bits per heavy atom. The van der Waals surface area contributed by atoms with E-state index in [0.29, 0.717) is 6.54 Å². The molecule has 0 bridgehead atoms. The van der Waals surface area contributed by atoms with Crippen molar-refractivity contribution >= 4 is 23.3 Å². The first-order chi connectivity index (χ1) is 14.1. The Hall–Kier alpha value is -2.86. The summed E-state index contributed by atoms with van der Waals surface area (Å²) in [5.41, 5.74) is 2.27. The molecule has 3 aromatic rings. The average molecular weight is 413 g/mol. The van der Waals surface area contributed by atoms with Crippen molar-refractivity contribution in [3.63, 3.8) is 0 Å². The van der Waals surface area contributed by atoms with Crippen molar-refractivity contribution in [3.8, 4) is 11.3 Å². The van der Waals surface area contributed by atoms with Crippen LogP contribution >= 0.6 is 11.6 Å². The molecule has 1 amide bonds. The SMILES string of the molecule is O=C(Cc1c(F)cccc1Cl)NC1CCCN(c2cc(-c3ccccc3)[nH]n2)C1. The second-order valence-corrected chi connectivity index (χ2v) is 7.64. The number of piperidine rings is 1. The van der Waals surface area contributed by atoms with E-state index in [2.05, 4.69) is 20.4 Å². The van der Waals surface area contributed by atoms with E-state index >= 15 is 0 Å². The first kappa shape index (κ1) is 19.5. The fourth-order valence-electron chi connectivity index (χ4n) is 3.68. The minimum Gasteiger partial charge on any atom is -0.353 e. The molecule has 0 radical (unpaired) electrons. The molecule has 2 heterocycles. The summed E-state index contributed by atoms with van der Waals surface area (Å²) >= 11 is 6.03. The van der Waals surface area contributed by atoms with Crippen LogP contribution in [0.15, 0.2) is 54.6 Å². The first-order valence-corrected chi connectivity index (χ1v) is 10.1. The van der Waals surface area contributed by atoms with E-state index in [1.807, 2.05) is 36.4 Å². The van der Waals surface area contributed by atoms with Crippen LogP contribution in [0, 0.1) is 5.82 Å². The van der Waals surface area contributed by atoms with Crippen molar-refractivity contribution in [1.82, 2.24) is 15.5 Å². The topological polar surface area (TPSA) is 61.0 Å². The van der Waals surface area contributed by atoms with E-state index in [-0.39, 0.29) is 29.0 Å². The van der Waals surface area contributed by atoms with Gasteiger partial charge in [0.15, 0.2) is 5.82 Å². The minimum atomic E-state index is -0.456. The van der Waals surface area contributed by atoms with E-state index in [9.17, 15) is 9.18 Å². The van der Waals surface area contributed by atoms with Gasteiger partial charge < -0.3 is 10.2 Å². The van der Waals surface area contributed by atoms with Crippen molar-refractivity contribution in [2.75, 3.05) is 18.0 Å². The zero-order valence-corrected chi connectivity index (χ0v) is 16.6. The number of carbonyl (C=O) groups excluding carboxylic acids is 1. The smallest absolute Gasteiger partial charge is 0.224 e. The summed E-state index contributed by atoms with van der Waals surface area (Å²) in [7, 11) is 0. The number of hydrogen-bond donors (Lipinski definition) is 2. The molecule has 1 aliphatic heterocycles. The lowest BCUT2D eigenvalue weighted by Gasteiger charge is -2.33. The van der Waals surface area contributed by atoms with Gasteiger partial charge in [0.05, 0.1) is 12.1 Å². The standard InChI is InChI=1S/C22H22ClFN4O/c23-18-9-4-10-19(24)17(18)12-22(29)25-16-8-5-11-28(14-16)21-13-20(26-27-21)15-6-2-1-3-7-15/h1-4,6-7,9-10,13,16H,5,8,11-12,14H2,(H,25,29)(H,26,27). The molecule has 1 aliphatic rings. The Balaban J connectivity index is 1.39. The molecular formula is C22H22ClFN4O. The Labute approximate surface area is 173 Å². The second kappa shape index (κ2) is 8.66. The Morgan fingerprint density at radius 1 is 1.24 bits per heavy atom. The number of amides is 1. The number of nitrogens with zero attached hydrogens (tertiary/aromatic N) is 2. The van der Waals surface area contributed by atoms with E-state index in [0.717, 1.165) is 36.5 Å². The van der Waals surface area contributed by atoms with Gasteiger partial charge in [0.25, 0.3) is 0 Å². The maximum Gasteiger partial charge on any atom is 0.224 e. The van der Waals surface area contributed by atoms with Crippen LogP contribution in [0.4, 0.5) is 10.2 Å². The fourth-order valence-corrected chi connectivity index (χ4v) is 3.91. The Bertz CT molecular complexity index is 971. The summed E-state index contributed by atoms with van der Waals surface area (Å²) in [6, 6.07) is 16.5. The molecule has 4 rings (SSSR count). The van der Waals surface area contributed by atoms with Crippen LogP contribution in [-0.2, 0) is 11.2 Å². The van der Waals surface area contributed by atoms with Crippen LogP contribution < -0.4 is 10.2 Å². The van der Waals surface area contributed by atoms with Gasteiger partial charge in [-0.15, -0.1) is 0 Å². The molecule has 1 fully saturated rings. The normalized spacial score (nSPS) is 16.6. The second-order valence-electron chi connectivity index (χ2n) is 7.24. The maximum atomic E-state index is 13.9. The van der Waals surface area contributed by atoms with Gasteiger partial charge in [0, 0.05) is 35.8 Å². The molecule has 7 heteroatoms. The number of halogens is 2. The average Bonchev–Trinajstić information content (AvgIpc) is 3.22. The van der Waals surface area contributed by atoms with Crippen molar-refractivity contribution in [1.29, 1.82) is 0 Å². The molecule has 2 N–H and O–H groups in total. The number of aromatic amines is 1. The predicted molar refractivity (Wildman–Crippen MR) is 113 cm³/mol. The quantitative estimate of drug-likeness (QED) is 0.660. The number of H-pyrrole nitrogens is 1. The number of aromatic nitrogens is 2. The molecular weight excluding hydrogens is 391 g/mol. The fraction of sp³-hybridized carbons (Fsp3) is 0.273. The summed E-state index contributed by atoms with van der Waals surface area (Å²) in [4.78, 5) is 14.6. The summed E-state index contributed by atoms with van der Waals surface area (Å²) in [5.74, 6) is 0.179. The van der Waals surface area contributed by atoms with Crippen molar-refractivity contribution < 1.29 is 9.18 Å². The summed E-state index contributed by atoms with van der Waals surface area (Å²) < 4.78 is 13.9. The lowest BCUT2D eigenvalue weighted by Crippen LogP contribution is -2.48. The largest absolute Gasteiger partial charge is 0.353 e. The predicted octanol–water partition coefficient (Wildman–Crippen LogP) is 4.20. The molecule has 1 saturated heterocycles. The molecule has 150 valence electrons. The number of anilines is 1. The number of carbonyl (C=O) groups is 1. The summed E-state index contributed by atoms with van der Waals surface area (Å²) in [6.07, 6.45) is 1.75. The van der Waals surface area contributed by atoms with Gasteiger partial charge in [-0.05, 0) is 30.5 Å². The summed E-state index contributed by atoms with van der Waals surface area (Å²) in [5, 5.41) is 10.8. The van der Waals surface area contributed by atoms with E-state index in [1.54, 1.807) is 6.07 Å². The van der Waals surface area contributed by atoms with E-state index in [1.165, 1.54) is 12.1 Å². The molecule has 2 aromatic carbocycles. The Kier molecular flexibility index (Phi) is 5.81. The van der Waals surface area contributed by atoms with Gasteiger partial charge in [-0.3, -0.25) is 9.89 Å². The van der Waals surface area contributed by atoms with E-state index in [4.69, 9.17) is 11.6 Å². The first-order valence-electron chi connectivity index (χ1n) is 9.68. The van der Waals surface area contributed by atoms with Gasteiger partial charge in [-0.2, -0.15) is 5.10 Å². The van der Waals surface area contributed by atoms with Crippen LogP contribution in [0.25, 0.3) is 11.3 Å². The van der Waals surface area contributed by atoms with Crippen LogP contribution in [0.5, 0.6) is 0 Å². The molecule has 1 aromatic heterocycles. The summed E-state index contributed by atoms with van der Waals surface area (Å²) in [6.45, 7) is 1.54. The zero-order chi connectivity index (χ0) is 20.2. The highest BCUT2D eigenvalue weighted by Crippen LogP contribution is 2.24.